The van der Waals surface area contributed by atoms with Crippen LogP contribution in [-0.2, 0) is 0 Å². The van der Waals surface area contributed by atoms with Gasteiger partial charge in [0.1, 0.15) is 0 Å². The molecule has 0 bridgehead atoms. The van der Waals surface area contributed by atoms with Crippen LogP contribution >= 0.6 is 11.6 Å². The molecule has 0 radical (unpaired) electrons. The zero-order chi connectivity index (χ0) is 21.5. The van der Waals surface area contributed by atoms with E-state index in [2.05, 4.69) is 114 Å². The maximum atomic E-state index is 6.15. The van der Waals surface area contributed by atoms with Crippen LogP contribution in [0.15, 0.2) is 121 Å². The van der Waals surface area contributed by atoms with Crippen LogP contribution in [0, 0.1) is 0 Å². The maximum absolute atomic E-state index is 6.15. The molecule has 0 spiro atoms. The van der Waals surface area contributed by atoms with Crippen molar-refractivity contribution in [1.82, 2.24) is 4.57 Å². The van der Waals surface area contributed by atoms with E-state index < -0.39 is 0 Å². The standard InChI is InChI=1S/C30H20ClN/c31-24-17-14-22(15-18-24)25-10-4-6-12-28(25)32-29-13-7-5-11-26(29)27-20-23(16-19-30(27)32)21-8-2-1-3-9-21/h1-20H. The highest BCUT2D eigenvalue weighted by Gasteiger charge is 2.15. The normalized spacial score (nSPS) is 11.3. The van der Waals surface area contributed by atoms with Crippen LogP contribution < -0.4 is 0 Å². The van der Waals surface area contributed by atoms with Crippen molar-refractivity contribution in [2.75, 3.05) is 0 Å². The van der Waals surface area contributed by atoms with Crippen molar-refractivity contribution in [1.29, 1.82) is 0 Å². The zero-order valence-electron chi connectivity index (χ0n) is 17.4. The molecule has 0 aliphatic rings. The summed E-state index contributed by atoms with van der Waals surface area (Å²) in [6, 6.07) is 42.6. The zero-order valence-corrected chi connectivity index (χ0v) is 18.1. The van der Waals surface area contributed by atoms with Gasteiger partial charge in [0.25, 0.3) is 0 Å². The number of benzene rings is 5. The van der Waals surface area contributed by atoms with Gasteiger partial charge in [-0.05, 0) is 53.1 Å². The molecule has 6 aromatic rings. The summed E-state index contributed by atoms with van der Waals surface area (Å²) in [5, 5.41) is 3.26. The smallest absolute Gasteiger partial charge is 0.0541 e. The number of aromatic nitrogens is 1. The highest BCUT2D eigenvalue weighted by atomic mass is 35.5. The molecular weight excluding hydrogens is 410 g/mol. The molecule has 0 atom stereocenters. The molecule has 0 unspecified atom stereocenters. The van der Waals surface area contributed by atoms with Crippen LogP contribution in [0.4, 0.5) is 0 Å². The molecular formula is C30H20ClN. The summed E-state index contributed by atoms with van der Waals surface area (Å²) >= 11 is 6.15. The number of hydrogen-bond donors (Lipinski definition) is 0. The van der Waals surface area contributed by atoms with E-state index in [1.165, 1.54) is 38.5 Å². The summed E-state index contributed by atoms with van der Waals surface area (Å²) in [4.78, 5) is 0. The number of rotatable bonds is 3. The first kappa shape index (κ1) is 18.9. The predicted molar refractivity (Wildman–Crippen MR) is 137 cm³/mol. The van der Waals surface area contributed by atoms with Crippen LogP contribution in [0.5, 0.6) is 0 Å². The van der Waals surface area contributed by atoms with Crippen LogP contribution in [0.1, 0.15) is 0 Å². The Bertz CT molecular complexity index is 1560. The molecule has 2 heteroatoms. The summed E-state index contributed by atoms with van der Waals surface area (Å²) in [6.07, 6.45) is 0. The fraction of sp³-hybridized carbons (Fsp3) is 0. The summed E-state index contributed by atoms with van der Waals surface area (Å²) in [5.74, 6) is 0. The van der Waals surface area contributed by atoms with Crippen molar-refractivity contribution in [3.8, 4) is 27.9 Å². The Morgan fingerprint density at radius 3 is 1.97 bits per heavy atom. The number of hydrogen-bond acceptors (Lipinski definition) is 0. The van der Waals surface area contributed by atoms with Gasteiger partial charge in [0.05, 0.1) is 16.7 Å². The molecule has 0 aliphatic heterocycles. The molecule has 0 amide bonds. The van der Waals surface area contributed by atoms with Gasteiger partial charge in [-0.25, -0.2) is 0 Å². The van der Waals surface area contributed by atoms with Gasteiger partial charge >= 0.3 is 0 Å². The first-order chi connectivity index (χ1) is 15.8. The molecule has 5 aromatic carbocycles. The minimum atomic E-state index is 0.747. The number of halogens is 1. The fourth-order valence-corrected chi connectivity index (χ4v) is 4.71. The van der Waals surface area contributed by atoms with E-state index in [0.717, 1.165) is 16.3 Å². The van der Waals surface area contributed by atoms with Gasteiger partial charge in [-0.2, -0.15) is 0 Å². The minimum absolute atomic E-state index is 0.747. The topological polar surface area (TPSA) is 4.93 Å². The minimum Gasteiger partial charge on any atom is -0.309 e. The van der Waals surface area contributed by atoms with Gasteiger partial charge in [-0.3, -0.25) is 0 Å². The van der Waals surface area contributed by atoms with Crippen molar-refractivity contribution in [3.05, 3.63) is 126 Å². The molecule has 0 saturated heterocycles. The molecule has 1 heterocycles. The van der Waals surface area contributed by atoms with Gasteiger partial charge in [0.2, 0.25) is 0 Å². The molecule has 0 fully saturated rings. The Labute approximate surface area is 192 Å². The van der Waals surface area contributed by atoms with Crippen LogP contribution in [0.3, 0.4) is 0 Å². The lowest BCUT2D eigenvalue weighted by molar-refractivity contribution is 1.18. The van der Waals surface area contributed by atoms with E-state index in [1.54, 1.807) is 0 Å². The molecule has 0 aliphatic carbocycles. The van der Waals surface area contributed by atoms with Crippen molar-refractivity contribution in [2.45, 2.75) is 0 Å². The Morgan fingerprint density at radius 2 is 1.12 bits per heavy atom. The van der Waals surface area contributed by atoms with E-state index in [9.17, 15) is 0 Å². The summed E-state index contributed by atoms with van der Waals surface area (Å²) in [5.41, 5.74) is 8.35. The Morgan fingerprint density at radius 1 is 0.469 bits per heavy atom. The molecule has 0 N–H and O–H groups in total. The van der Waals surface area contributed by atoms with Gasteiger partial charge < -0.3 is 4.57 Å². The molecule has 152 valence electrons. The third kappa shape index (κ3) is 3.10. The van der Waals surface area contributed by atoms with Crippen molar-refractivity contribution >= 4 is 33.4 Å². The molecule has 1 aromatic heterocycles. The number of para-hydroxylation sites is 2. The van der Waals surface area contributed by atoms with Crippen molar-refractivity contribution in [3.63, 3.8) is 0 Å². The summed E-state index contributed by atoms with van der Waals surface area (Å²) in [6.45, 7) is 0. The third-order valence-corrected chi connectivity index (χ3v) is 6.33. The fourth-order valence-electron chi connectivity index (χ4n) is 4.58. The maximum Gasteiger partial charge on any atom is 0.0541 e. The SMILES string of the molecule is Clc1ccc(-c2ccccc2-n2c3ccccc3c3cc(-c4ccccc4)ccc32)cc1. The average Bonchev–Trinajstić information content (AvgIpc) is 3.19. The van der Waals surface area contributed by atoms with Gasteiger partial charge in [-0.15, -0.1) is 0 Å². The summed E-state index contributed by atoms with van der Waals surface area (Å²) < 4.78 is 2.38. The largest absolute Gasteiger partial charge is 0.309 e. The Hall–Kier alpha value is -3.81. The van der Waals surface area contributed by atoms with Crippen LogP contribution in [0.25, 0.3) is 49.7 Å². The Balaban J connectivity index is 1.65. The lowest BCUT2D eigenvalue weighted by Crippen LogP contribution is -1.97. The molecule has 6 rings (SSSR count). The highest BCUT2D eigenvalue weighted by Crippen LogP contribution is 2.37. The van der Waals surface area contributed by atoms with Crippen LogP contribution in [0.2, 0.25) is 5.02 Å². The average molecular weight is 430 g/mol. The summed E-state index contributed by atoms with van der Waals surface area (Å²) in [7, 11) is 0. The van der Waals surface area contributed by atoms with E-state index in [-0.39, 0.29) is 0 Å². The van der Waals surface area contributed by atoms with Crippen molar-refractivity contribution < 1.29 is 0 Å². The predicted octanol–water partition coefficient (Wildman–Crippen LogP) is 8.77. The lowest BCUT2D eigenvalue weighted by Gasteiger charge is -2.14. The van der Waals surface area contributed by atoms with E-state index in [4.69, 9.17) is 11.6 Å². The second kappa shape index (κ2) is 7.71. The van der Waals surface area contributed by atoms with E-state index >= 15 is 0 Å². The van der Waals surface area contributed by atoms with Gasteiger partial charge in [-0.1, -0.05) is 96.5 Å². The van der Waals surface area contributed by atoms with Crippen LogP contribution in [-0.4, -0.2) is 4.57 Å². The molecule has 0 saturated carbocycles. The lowest BCUT2D eigenvalue weighted by atomic mass is 10.0. The second-order valence-corrected chi connectivity index (χ2v) is 8.41. The van der Waals surface area contributed by atoms with Gasteiger partial charge in [0, 0.05) is 21.4 Å². The highest BCUT2D eigenvalue weighted by molar-refractivity contribution is 6.30. The van der Waals surface area contributed by atoms with Gasteiger partial charge in [0.15, 0.2) is 0 Å². The quantitative estimate of drug-likeness (QED) is 0.265. The first-order valence-electron chi connectivity index (χ1n) is 10.7. The third-order valence-electron chi connectivity index (χ3n) is 6.08. The second-order valence-electron chi connectivity index (χ2n) is 7.97. The van der Waals surface area contributed by atoms with E-state index in [1.807, 2.05) is 12.1 Å². The number of fused-ring (bicyclic) bond motifs is 3. The monoisotopic (exact) mass is 429 g/mol. The number of nitrogens with zero attached hydrogens (tertiary/aromatic N) is 1. The molecule has 32 heavy (non-hydrogen) atoms. The first-order valence-corrected chi connectivity index (χ1v) is 11.1. The van der Waals surface area contributed by atoms with Crippen molar-refractivity contribution in [2.24, 2.45) is 0 Å². The van der Waals surface area contributed by atoms with E-state index in [0.29, 0.717) is 0 Å². The Kier molecular flexibility index (Phi) is 4.56. The molecule has 1 nitrogen and oxygen atoms in total.